The third-order valence-electron chi connectivity index (χ3n) is 0.965. The van der Waals surface area contributed by atoms with Gasteiger partial charge in [-0.1, -0.05) is 6.08 Å². The summed E-state index contributed by atoms with van der Waals surface area (Å²) in [5.74, 6) is -1.49. The molecule has 0 fully saturated rings. The molecule has 13 heavy (non-hydrogen) atoms. The smallest absolute Gasteiger partial charge is 0.327 e. The zero-order chi connectivity index (χ0) is 10.5. The van der Waals surface area contributed by atoms with Gasteiger partial charge < -0.3 is 9.84 Å². The maximum Gasteiger partial charge on any atom is 0.327 e. The van der Waals surface area contributed by atoms with Crippen molar-refractivity contribution in [2.75, 3.05) is 0 Å². The SMILES string of the molecule is CC(C)(C)OC(=O)C/C=C/C(=O)O. The van der Waals surface area contributed by atoms with Gasteiger partial charge in [0.1, 0.15) is 5.60 Å². The summed E-state index contributed by atoms with van der Waals surface area (Å²) in [5.41, 5.74) is -0.520. The van der Waals surface area contributed by atoms with Crippen LogP contribution in [0.4, 0.5) is 0 Å². The number of rotatable bonds is 3. The molecule has 0 heterocycles. The van der Waals surface area contributed by atoms with Gasteiger partial charge in [0.25, 0.3) is 0 Å². The van der Waals surface area contributed by atoms with Gasteiger partial charge in [-0.2, -0.15) is 0 Å². The van der Waals surface area contributed by atoms with Crippen LogP contribution in [0.1, 0.15) is 27.2 Å². The van der Waals surface area contributed by atoms with E-state index in [0.29, 0.717) is 0 Å². The molecule has 0 unspecified atom stereocenters. The summed E-state index contributed by atoms with van der Waals surface area (Å²) >= 11 is 0. The number of carbonyl (C=O) groups is 2. The molecule has 0 aliphatic heterocycles. The molecule has 0 aliphatic carbocycles. The molecular weight excluding hydrogens is 172 g/mol. The van der Waals surface area contributed by atoms with Crippen molar-refractivity contribution in [3.63, 3.8) is 0 Å². The van der Waals surface area contributed by atoms with E-state index in [1.165, 1.54) is 6.08 Å². The lowest BCUT2D eigenvalue weighted by Gasteiger charge is -2.18. The summed E-state index contributed by atoms with van der Waals surface area (Å²) < 4.78 is 4.94. The normalized spacial score (nSPS) is 11.6. The number of hydrogen-bond donors (Lipinski definition) is 1. The van der Waals surface area contributed by atoms with Crippen LogP contribution < -0.4 is 0 Å². The van der Waals surface area contributed by atoms with Gasteiger partial charge >= 0.3 is 11.9 Å². The van der Waals surface area contributed by atoms with Crippen molar-refractivity contribution in [2.24, 2.45) is 0 Å². The highest BCUT2D eigenvalue weighted by Crippen LogP contribution is 2.08. The van der Waals surface area contributed by atoms with Crippen molar-refractivity contribution in [1.82, 2.24) is 0 Å². The number of hydrogen-bond acceptors (Lipinski definition) is 3. The predicted molar refractivity (Wildman–Crippen MR) is 47.2 cm³/mol. The minimum atomic E-state index is -1.07. The highest BCUT2D eigenvalue weighted by Gasteiger charge is 2.14. The Labute approximate surface area is 77.2 Å². The van der Waals surface area contributed by atoms with Crippen LogP contribution in [0.2, 0.25) is 0 Å². The Morgan fingerprint density at radius 2 is 1.92 bits per heavy atom. The first kappa shape index (κ1) is 11.7. The number of ether oxygens (including phenoxy) is 1. The first-order valence-corrected chi connectivity index (χ1v) is 3.92. The fraction of sp³-hybridized carbons (Fsp3) is 0.556. The van der Waals surface area contributed by atoms with E-state index in [9.17, 15) is 9.59 Å². The van der Waals surface area contributed by atoms with E-state index in [4.69, 9.17) is 9.84 Å². The van der Waals surface area contributed by atoms with Crippen molar-refractivity contribution in [2.45, 2.75) is 32.8 Å². The number of aliphatic carboxylic acids is 1. The highest BCUT2D eigenvalue weighted by molar-refractivity contribution is 5.81. The van der Waals surface area contributed by atoms with Gasteiger partial charge in [-0.3, -0.25) is 4.79 Å². The monoisotopic (exact) mass is 186 g/mol. The first-order valence-electron chi connectivity index (χ1n) is 3.92. The fourth-order valence-corrected chi connectivity index (χ4v) is 0.639. The molecule has 1 N–H and O–H groups in total. The van der Waals surface area contributed by atoms with Gasteiger partial charge in [0.2, 0.25) is 0 Å². The van der Waals surface area contributed by atoms with Crippen LogP contribution in [-0.2, 0) is 14.3 Å². The molecule has 0 aromatic heterocycles. The van der Waals surface area contributed by atoms with Gasteiger partial charge in [0.15, 0.2) is 0 Å². The molecular formula is C9H14O4. The Kier molecular flexibility index (Phi) is 4.17. The maximum atomic E-state index is 11.0. The highest BCUT2D eigenvalue weighted by atomic mass is 16.6. The summed E-state index contributed by atoms with van der Waals surface area (Å²) in [6, 6.07) is 0. The Balaban J connectivity index is 3.83. The van der Waals surface area contributed by atoms with Crippen molar-refractivity contribution in [3.05, 3.63) is 12.2 Å². The van der Waals surface area contributed by atoms with Crippen LogP contribution in [0.15, 0.2) is 12.2 Å². The topological polar surface area (TPSA) is 63.6 Å². The molecule has 4 heteroatoms. The number of esters is 1. The molecule has 0 saturated carbocycles. The van der Waals surface area contributed by atoms with Gasteiger partial charge in [0.05, 0.1) is 6.42 Å². The van der Waals surface area contributed by atoms with Gasteiger partial charge in [-0.15, -0.1) is 0 Å². The minimum Gasteiger partial charge on any atom is -0.478 e. The summed E-state index contributed by atoms with van der Waals surface area (Å²) in [6.07, 6.45) is 2.17. The standard InChI is InChI=1S/C9H14O4/c1-9(2,3)13-8(12)6-4-5-7(10)11/h4-5H,6H2,1-3H3,(H,10,11)/b5-4+. The lowest BCUT2D eigenvalue weighted by atomic mass is 10.2. The van der Waals surface area contributed by atoms with Gasteiger partial charge in [-0.25, -0.2) is 4.79 Å². The van der Waals surface area contributed by atoms with Crippen LogP contribution >= 0.6 is 0 Å². The summed E-state index contributed by atoms with van der Waals surface area (Å²) in [4.78, 5) is 21.0. The Hall–Kier alpha value is -1.32. The van der Waals surface area contributed by atoms with E-state index in [2.05, 4.69) is 0 Å². The van der Waals surface area contributed by atoms with Gasteiger partial charge in [0, 0.05) is 6.08 Å². The van der Waals surface area contributed by atoms with Crippen molar-refractivity contribution in [3.8, 4) is 0 Å². The van der Waals surface area contributed by atoms with Crippen LogP contribution in [0.25, 0.3) is 0 Å². The first-order chi connectivity index (χ1) is 5.81. The quantitative estimate of drug-likeness (QED) is 0.534. The lowest BCUT2D eigenvalue weighted by molar-refractivity contribution is -0.153. The lowest BCUT2D eigenvalue weighted by Crippen LogP contribution is -2.23. The second kappa shape index (κ2) is 4.64. The molecule has 0 saturated heterocycles. The maximum absolute atomic E-state index is 11.0. The molecule has 0 aromatic carbocycles. The number of carboxylic acid groups (broad SMARTS) is 1. The molecule has 74 valence electrons. The van der Waals surface area contributed by atoms with Crippen molar-refractivity contribution in [1.29, 1.82) is 0 Å². The molecule has 0 spiro atoms. The largest absolute Gasteiger partial charge is 0.478 e. The second-order valence-electron chi connectivity index (χ2n) is 3.53. The Bertz CT molecular complexity index is 222. The van der Waals surface area contributed by atoms with Crippen molar-refractivity contribution < 1.29 is 19.4 Å². The number of carboxylic acids is 1. The van der Waals surface area contributed by atoms with E-state index >= 15 is 0 Å². The zero-order valence-corrected chi connectivity index (χ0v) is 8.03. The predicted octanol–water partition coefficient (Wildman–Crippen LogP) is 1.36. The van der Waals surface area contributed by atoms with Crippen LogP contribution in [0.3, 0.4) is 0 Å². The third-order valence-corrected chi connectivity index (χ3v) is 0.965. The van der Waals surface area contributed by atoms with E-state index in [-0.39, 0.29) is 6.42 Å². The van der Waals surface area contributed by atoms with E-state index < -0.39 is 17.5 Å². The Morgan fingerprint density at radius 3 is 2.31 bits per heavy atom. The number of carbonyl (C=O) groups excluding carboxylic acids is 1. The Morgan fingerprint density at radius 1 is 1.38 bits per heavy atom. The summed E-state index contributed by atoms with van der Waals surface area (Å²) in [6.45, 7) is 5.27. The van der Waals surface area contributed by atoms with E-state index in [1.54, 1.807) is 20.8 Å². The molecule has 0 aromatic rings. The molecule has 4 nitrogen and oxygen atoms in total. The average molecular weight is 186 g/mol. The zero-order valence-electron chi connectivity index (χ0n) is 8.03. The van der Waals surface area contributed by atoms with E-state index in [1.807, 2.05) is 0 Å². The average Bonchev–Trinajstić information content (AvgIpc) is 1.81. The molecule has 0 radical (unpaired) electrons. The molecule has 0 atom stereocenters. The molecule has 0 amide bonds. The minimum absolute atomic E-state index is 0.0103. The molecule has 0 bridgehead atoms. The fourth-order valence-electron chi connectivity index (χ4n) is 0.639. The second-order valence-corrected chi connectivity index (χ2v) is 3.53. The van der Waals surface area contributed by atoms with Crippen LogP contribution in [0.5, 0.6) is 0 Å². The van der Waals surface area contributed by atoms with Gasteiger partial charge in [-0.05, 0) is 20.8 Å². The summed E-state index contributed by atoms with van der Waals surface area (Å²) in [7, 11) is 0. The van der Waals surface area contributed by atoms with E-state index in [0.717, 1.165) is 6.08 Å². The summed E-state index contributed by atoms with van der Waals surface area (Å²) in [5, 5.41) is 8.22. The molecule has 0 aliphatic rings. The third kappa shape index (κ3) is 8.59. The van der Waals surface area contributed by atoms with Crippen molar-refractivity contribution >= 4 is 11.9 Å². The van der Waals surface area contributed by atoms with Crippen LogP contribution in [-0.4, -0.2) is 22.6 Å². The molecule has 0 rings (SSSR count). The van der Waals surface area contributed by atoms with Crippen LogP contribution in [0, 0.1) is 0 Å².